The van der Waals surface area contributed by atoms with Gasteiger partial charge in [0.05, 0.1) is 0 Å². The molecule has 0 radical (unpaired) electrons. The Balaban J connectivity index is 2.30. The van der Waals surface area contributed by atoms with Crippen molar-refractivity contribution in [3.63, 3.8) is 0 Å². The van der Waals surface area contributed by atoms with Crippen LogP contribution in [0, 0.1) is 5.92 Å². The fourth-order valence-corrected chi connectivity index (χ4v) is 2.13. The molecule has 0 aliphatic heterocycles. The van der Waals surface area contributed by atoms with Crippen LogP contribution in [-0.4, -0.2) is 4.57 Å². The van der Waals surface area contributed by atoms with Gasteiger partial charge in [0.15, 0.2) is 0 Å². The van der Waals surface area contributed by atoms with E-state index < -0.39 is 0 Å². The van der Waals surface area contributed by atoms with Crippen LogP contribution < -0.4 is 0 Å². The summed E-state index contributed by atoms with van der Waals surface area (Å²) in [5.41, 5.74) is 2.93. The van der Waals surface area contributed by atoms with Crippen LogP contribution in [0.25, 0.3) is 5.57 Å². The fraction of sp³-hybridized carbons (Fsp3) is 0.500. The molecule has 0 saturated heterocycles. The Bertz CT molecular complexity index is 320. The molecule has 2 rings (SSSR count). The highest BCUT2D eigenvalue weighted by Crippen LogP contribution is 2.29. The van der Waals surface area contributed by atoms with Crippen molar-refractivity contribution in [3.05, 3.63) is 30.1 Å². The van der Waals surface area contributed by atoms with E-state index in [0.717, 1.165) is 5.92 Å². The highest BCUT2D eigenvalue weighted by atomic mass is 14.9. The van der Waals surface area contributed by atoms with Crippen LogP contribution in [0.1, 0.15) is 31.9 Å². The van der Waals surface area contributed by atoms with Crippen LogP contribution >= 0.6 is 0 Å². The summed E-state index contributed by atoms with van der Waals surface area (Å²) in [5.74, 6) is 0.763. The summed E-state index contributed by atoms with van der Waals surface area (Å²) in [6.07, 6.45) is 8.50. The van der Waals surface area contributed by atoms with E-state index in [2.05, 4.69) is 42.9 Å². The molecule has 0 bridgehead atoms. The molecule has 13 heavy (non-hydrogen) atoms. The van der Waals surface area contributed by atoms with Crippen LogP contribution in [0.3, 0.4) is 0 Å². The Kier molecular flexibility index (Phi) is 2.26. The van der Waals surface area contributed by atoms with Crippen molar-refractivity contribution in [1.82, 2.24) is 4.57 Å². The van der Waals surface area contributed by atoms with Gasteiger partial charge in [0.2, 0.25) is 0 Å². The van der Waals surface area contributed by atoms with Crippen molar-refractivity contribution in [3.8, 4) is 0 Å². The second-order valence-electron chi connectivity index (χ2n) is 4.07. The molecule has 0 N–H and O–H groups in total. The number of allylic oxidation sites excluding steroid dienone is 2. The maximum Gasteiger partial charge on any atom is 0.0433 e. The highest BCUT2D eigenvalue weighted by molar-refractivity contribution is 5.64. The molecule has 1 aromatic rings. The van der Waals surface area contributed by atoms with E-state index in [4.69, 9.17) is 0 Å². The molecule has 0 fully saturated rings. The van der Waals surface area contributed by atoms with Gasteiger partial charge in [-0.2, -0.15) is 0 Å². The monoisotopic (exact) mass is 175 g/mol. The lowest BCUT2D eigenvalue weighted by Gasteiger charge is -2.18. The molecule has 0 amide bonds. The van der Waals surface area contributed by atoms with Gasteiger partial charge in [-0.3, -0.25) is 0 Å². The topological polar surface area (TPSA) is 4.93 Å². The predicted octanol–water partition coefficient (Wildman–Crippen LogP) is 3.23. The molecule has 1 aliphatic rings. The van der Waals surface area contributed by atoms with Gasteiger partial charge in [0, 0.05) is 18.9 Å². The van der Waals surface area contributed by atoms with Gasteiger partial charge in [0.1, 0.15) is 0 Å². The van der Waals surface area contributed by atoms with Gasteiger partial charge >= 0.3 is 0 Å². The molecule has 1 nitrogen and oxygen atoms in total. The summed E-state index contributed by atoms with van der Waals surface area (Å²) in [5, 5.41) is 0. The Hall–Kier alpha value is -0.980. The zero-order chi connectivity index (χ0) is 9.26. The molecule has 1 aromatic heterocycles. The van der Waals surface area contributed by atoms with E-state index >= 15 is 0 Å². The first-order chi connectivity index (χ1) is 6.27. The lowest BCUT2D eigenvalue weighted by atomic mass is 9.90. The predicted molar refractivity (Wildman–Crippen MR) is 56.4 cm³/mol. The quantitative estimate of drug-likeness (QED) is 0.617. The van der Waals surface area contributed by atoms with Crippen LogP contribution in [0.15, 0.2) is 24.4 Å². The molecular formula is C12H17N. The SMILES string of the molecule is C[C@@H]1C=C(c2cccn2C)CCC1. The summed E-state index contributed by atoms with van der Waals surface area (Å²) in [4.78, 5) is 0. The van der Waals surface area contributed by atoms with Crippen LogP contribution in [0.5, 0.6) is 0 Å². The van der Waals surface area contributed by atoms with Crippen LogP contribution in [-0.2, 0) is 7.05 Å². The van der Waals surface area contributed by atoms with Gasteiger partial charge in [-0.1, -0.05) is 13.0 Å². The standard InChI is InChI=1S/C12H17N/c1-10-5-3-6-11(9-10)12-7-4-8-13(12)2/h4,7-10H,3,5-6H2,1-2H3/t10-/m0/s1. The lowest BCUT2D eigenvalue weighted by molar-refractivity contribution is 0.590. The average Bonchev–Trinajstić information content (AvgIpc) is 2.51. The van der Waals surface area contributed by atoms with Gasteiger partial charge < -0.3 is 4.57 Å². The molecule has 1 heterocycles. The number of aromatic nitrogens is 1. The van der Waals surface area contributed by atoms with E-state index in [0.29, 0.717) is 0 Å². The van der Waals surface area contributed by atoms with Gasteiger partial charge in [-0.15, -0.1) is 0 Å². The van der Waals surface area contributed by atoms with E-state index in [1.807, 2.05) is 0 Å². The number of hydrogen-bond acceptors (Lipinski definition) is 0. The Morgan fingerprint density at radius 2 is 2.31 bits per heavy atom. The van der Waals surface area contributed by atoms with Crippen molar-refractivity contribution in [2.24, 2.45) is 13.0 Å². The number of hydrogen-bond donors (Lipinski definition) is 0. The number of aryl methyl sites for hydroxylation is 1. The van der Waals surface area contributed by atoms with E-state index in [1.165, 1.54) is 30.5 Å². The zero-order valence-electron chi connectivity index (χ0n) is 8.46. The first kappa shape index (κ1) is 8.61. The molecule has 0 saturated carbocycles. The third-order valence-corrected chi connectivity index (χ3v) is 2.86. The second-order valence-corrected chi connectivity index (χ2v) is 4.07. The zero-order valence-corrected chi connectivity index (χ0v) is 8.46. The molecule has 1 heteroatoms. The van der Waals surface area contributed by atoms with E-state index in [-0.39, 0.29) is 0 Å². The average molecular weight is 175 g/mol. The van der Waals surface area contributed by atoms with Crippen molar-refractivity contribution < 1.29 is 0 Å². The molecular weight excluding hydrogens is 158 g/mol. The summed E-state index contributed by atoms with van der Waals surface area (Å²) < 4.78 is 2.21. The number of nitrogens with zero attached hydrogens (tertiary/aromatic N) is 1. The summed E-state index contributed by atoms with van der Waals surface area (Å²) in [7, 11) is 2.12. The largest absolute Gasteiger partial charge is 0.351 e. The van der Waals surface area contributed by atoms with Crippen molar-refractivity contribution >= 4 is 5.57 Å². The van der Waals surface area contributed by atoms with E-state index in [9.17, 15) is 0 Å². The summed E-state index contributed by atoms with van der Waals surface area (Å²) in [6.45, 7) is 2.31. The van der Waals surface area contributed by atoms with E-state index in [1.54, 1.807) is 0 Å². The third kappa shape index (κ3) is 1.69. The van der Waals surface area contributed by atoms with Crippen molar-refractivity contribution in [1.29, 1.82) is 0 Å². The summed E-state index contributed by atoms with van der Waals surface area (Å²) in [6, 6.07) is 4.33. The smallest absolute Gasteiger partial charge is 0.0433 e. The first-order valence-corrected chi connectivity index (χ1v) is 5.10. The van der Waals surface area contributed by atoms with Crippen LogP contribution in [0.4, 0.5) is 0 Å². The van der Waals surface area contributed by atoms with Crippen LogP contribution in [0.2, 0.25) is 0 Å². The molecule has 0 unspecified atom stereocenters. The Labute approximate surface area is 80.1 Å². The molecule has 0 aromatic carbocycles. The Morgan fingerprint density at radius 1 is 1.46 bits per heavy atom. The van der Waals surface area contributed by atoms with Gasteiger partial charge in [-0.05, 0) is 42.9 Å². The highest BCUT2D eigenvalue weighted by Gasteiger charge is 2.12. The maximum absolute atomic E-state index is 2.43. The summed E-state index contributed by atoms with van der Waals surface area (Å²) >= 11 is 0. The minimum Gasteiger partial charge on any atom is -0.351 e. The maximum atomic E-state index is 2.43. The van der Waals surface area contributed by atoms with Crippen molar-refractivity contribution in [2.75, 3.05) is 0 Å². The second kappa shape index (κ2) is 3.41. The van der Waals surface area contributed by atoms with Gasteiger partial charge in [0.25, 0.3) is 0 Å². The number of rotatable bonds is 1. The molecule has 1 aliphatic carbocycles. The minimum atomic E-state index is 0.763. The third-order valence-electron chi connectivity index (χ3n) is 2.86. The first-order valence-electron chi connectivity index (χ1n) is 5.10. The lowest BCUT2D eigenvalue weighted by Crippen LogP contribution is -2.03. The van der Waals surface area contributed by atoms with Gasteiger partial charge in [-0.25, -0.2) is 0 Å². The molecule has 0 spiro atoms. The fourth-order valence-electron chi connectivity index (χ4n) is 2.13. The Morgan fingerprint density at radius 3 is 2.92 bits per heavy atom. The molecule has 1 atom stereocenters. The van der Waals surface area contributed by atoms with Crippen molar-refractivity contribution in [2.45, 2.75) is 26.2 Å². The minimum absolute atomic E-state index is 0.763. The normalized spacial score (nSPS) is 22.9. The molecule has 70 valence electrons.